The summed E-state index contributed by atoms with van der Waals surface area (Å²) in [5.41, 5.74) is 2.41. The minimum Gasteiger partial charge on any atom is -0.493 e. The van der Waals surface area contributed by atoms with Crippen molar-refractivity contribution in [3.05, 3.63) is 65.3 Å². The van der Waals surface area contributed by atoms with Crippen molar-refractivity contribution in [2.75, 3.05) is 19.7 Å². The number of amides is 1. The fourth-order valence-corrected chi connectivity index (χ4v) is 4.00. The molecule has 3 aromatic rings. The molecule has 4 nitrogen and oxygen atoms in total. The zero-order valence-electron chi connectivity index (χ0n) is 15.2. The lowest BCUT2D eigenvalue weighted by molar-refractivity contribution is -0.132. The van der Waals surface area contributed by atoms with Gasteiger partial charge in [-0.1, -0.05) is 35.9 Å². The van der Waals surface area contributed by atoms with Gasteiger partial charge in [-0.25, -0.2) is 0 Å². The fourth-order valence-electron chi connectivity index (χ4n) is 3.83. The minimum absolute atomic E-state index is 0.176. The Balaban J connectivity index is 1.29. The molecule has 0 bridgehead atoms. The number of fused-ring (bicyclic) bond motifs is 1. The molecule has 27 heavy (non-hydrogen) atoms. The molecule has 5 heteroatoms. The van der Waals surface area contributed by atoms with Gasteiger partial charge in [0.1, 0.15) is 5.75 Å². The van der Waals surface area contributed by atoms with Crippen LogP contribution in [0.5, 0.6) is 5.75 Å². The van der Waals surface area contributed by atoms with Crippen molar-refractivity contribution >= 4 is 28.4 Å². The summed E-state index contributed by atoms with van der Waals surface area (Å²) in [5, 5.41) is 1.98. The van der Waals surface area contributed by atoms with Crippen LogP contribution in [0.25, 0.3) is 10.9 Å². The summed E-state index contributed by atoms with van der Waals surface area (Å²) in [5.74, 6) is 1.46. The quantitative estimate of drug-likeness (QED) is 0.675. The highest BCUT2D eigenvalue weighted by Gasteiger charge is 2.25. The van der Waals surface area contributed by atoms with Crippen LogP contribution in [0.4, 0.5) is 0 Å². The van der Waals surface area contributed by atoms with Crippen molar-refractivity contribution in [3.63, 3.8) is 0 Å². The van der Waals surface area contributed by atoms with E-state index in [1.54, 1.807) is 0 Å². The van der Waals surface area contributed by atoms with Gasteiger partial charge < -0.3 is 14.6 Å². The van der Waals surface area contributed by atoms with Gasteiger partial charge in [0.05, 0.1) is 13.0 Å². The van der Waals surface area contributed by atoms with Gasteiger partial charge in [-0.3, -0.25) is 4.79 Å². The summed E-state index contributed by atoms with van der Waals surface area (Å²) in [6.07, 6.45) is 4.49. The lowest BCUT2D eigenvalue weighted by Gasteiger charge is -2.32. The number of nitrogens with one attached hydrogen (secondary N) is 1. The average Bonchev–Trinajstić information content (AvgIpc) is 3.12. The average molecular weight is 383 g/mol. The molecule has 1 fully saturated rings. The standard InChI is InChI=1S/C22H23ClN2O2/c23-17-6-7-19-20(15-24-21(19)14-17)16-8-11-25(12-9-16)22(26)10-13-27-18-4-2-1-3-5-18/h1-7,14-16,24H,8-13H2. The van der Waals surface area contributed by atoms with Crippen molar-refractivity contribution in [3.8, 4) is 5.75 Å². The molecule has 0 unspecified atom stereocenters. The topological polar surface area (TPSA) is 45.3 Å². The second-order valence-corrected chi connectivity index (χ2v) is 7.44. The molecular formula is C22H23ClN2O2. The van der Waals surface area contributed by atoms with Gasteiger partial charge in [0.15, 0.2) is 0 Å². The Morgan fingerprint density at radius 3 is 2.70 bits per heavy atom. The number of hydrogen-bond donors (Lipinski definition) is 1. The molecule has 1 saturated heterocycles. The van der Waals surface area contributed by atoms with Gasteiger partial charge in [0.25, 0.3) is 0 Å². The van der Waals surface area contributed by atoms with Crippen LogP contribution in [0.15, 0.2) is 54.7 Å². The summed E-state index contributed by atoms with van der Waals surface area (Å²) >= 11 is 6.07. The SMILES string of the molecule is O=C(CCOc1ccccc1)N1CCC(c2c[nH]c3cc(Cl)ccc23)CC1. The number of halogens is 1. The first-order valence-corrected chi connectivity index (χ1v) is 9.80. The Morgan fingerprint density at radius 1 is 1.15 bits per heavy atom. The first-order chi connectivity index (χ1) is 13.2. The number of aromatic nitrogens is 1. The molecular weight excluding hydrogens is 360 g/mol. The second kappa shape index (κ2) is 8.05. The molecule has 2 aromatic carbocycles. The van der Waals surface area contributed by atoms with E-state index in [0.29, 0.717) is 18.9 Å². The number of para-hydroxylation sites is 1. The number of nitrogens with zero attached hydrogens (tertiary/aromatic N) is 1. The molecule has 0 spiro atoms. The first kappa shape index (κ1) is 17.9. The molecule has 1 aliphatic rings. The molecule has 0 aliphatic carbocycles. The first-order valence-electron chi connectivity index (χ1n) is 9.43. The summed E-state index contributed by atoms with van der Waals surface area (Å²) < 4.78 is 5.64. The minimum atomic E-state index is 0.176. The van der Waals surface area contributed by atoms with E-state index < -0.39 is 0 Å². The summed E-state index contributed by atoms with van der Waals surface area (Å²) in [6.45, 7) is 2.02. The third-order valence-corrected chi connectivity index (χ3v) is 5.53. The smallest absolute Gasteiger partial charge is 0.225 e. The van der Waals surface area contributed by atoms with Crippen molar-refractivity contribution in [2.45, 2.75) is 25.2 Å². The predicted octanol–water partition coefficient (Wildman–Crippen LogP) is 5.00. The number of likely N-dealkylation sites (tertiary alicyclic amines) is 1. The Labute approximate surface area is 164 Å². The maximum Gasteiger partial charge on any atom is 0.225 e. The zero-order valence-corrected chi connectivity index (χ0v) is 15.9. The number of carbonyl (C=O) groups is 1. The van der Waals surface area contributed by atoms with Crippen LogP contribution in [-0.4, -0.2) is 35.5 Å². The van der Waals surface area contributed by atoms with E-state index in [4.69, 9.17) is 16.3 Å². The molecule has 0 atom stereocenters. The van der Waals surface area contributed by atoms with Crippen molar-refractivity contribution in [1.29, 1.82) is 0 Å². The van der Waals surface area contributed by atoms with Gasteiger partial charge in [0, 0.05) is 35.2 Å². The Kier molecular flexibility index (Phi) is 5.35. The molecule has 0 radical (unpaired) electrons. The van der Waals surface area contributed by atoms with Gasteiger partial charge in [0.2, 0.25) is 5.91 Å². The highest BCUT2D eigenvalue weighted by atomic mass is 35.5. The van der Waals surface area contributed by atoms with E-state index in [1.807, 2.05) is 47.4 Å². The molecule has 0 saturated carbocycles. The van der Waals surface area contributed by atoms with E-state index in [0.717, 1.165) is 42.2 Å². The second-order valence-electron chi connectivity index (χ2n) is 7.00. The van der Waals surface area contributed by atoms with Crippen molar-refractivity contribution in [2.24, 2.45) is 0 Å². The fraction of sp³-hybridized carbons (Fsp3) is 0.318. The van der Waals surface area contributed by atoms with Crippen molar-refractivity contribution < 1.29 is 9.53 Å². The lowest BCUT2D eigenvalue weighted by Crippen LogP contribution is -2.38. The van der Waals surface area contributed by atoms with E-state index >= 15 is 0 Å². The highest BCUT2D eigenvalue weighted by molar-refractivity contribution is 6.31. The van der Waals surface area contributed by atoms with Crippen LogP contribution in [0, 0.1) is 0 Å². The number of benzene rings is 2. The van der Waals surface area contributed by atoms with Crippen molar-refractivity contribution in [1.82, 2.24) is 9.88 Å². The maximum atomic E-state index is 12.5. The van der Waals surface area contributed by atoms with Crippen LogP contribution in [0.3, 0.4) is 0 Å². The van der Waals surface area contributed by atoms with Crippen LogP contribution in [0.2, 0.25) is 5.02 Å². The van der Waals surface area contributed by atoms with E-state index in [9.17, 15) is 4.79 Å². The molecule has 1 amide bonds. The number of carbonyl (C=O) groups excluding carboxylic acids is 1. The normalized spacial score (nSPS) is 15.2. The third-order valence-electron chi connectivity index (χ3n) is 5.29. The van der Waals surface area contributed by atoms with Gasteiger partial charge in [-0.2, -0.15) is 0 Å². The number of ether oxygens (including phenoxy) is 1. The van der Waals surface area contributed by atoms with Gasteiger partial charge in [-0.15, -0.1) is 0 Å². The predicted molar refractivity (Wildman–Crippen MR) is 108 cm³/mol. The lowest BCUT2D eigenvalue weighted by atomic mass is 9.89. The van der Waals surface area contributed by atoms with Crippen LogP contribution in [-0.2, 0) is 4.79 Å². The zero-order chi connectivity index (χ0) is 18.6. The number of piperidine rings is 1. The maximum absolute atomic E-state index is 12.5. The largest absolute Gasteiger partial charge is 0.493 e. The Bertz CT molecular complexity index is 914. The van der Waals surface area contributed by atoms with Gasteiger partial charge >= 0.3 is 0 Å². The molecule has 140 valence electrons. The molecule has 1 aromatic heterocycles. The monoisotopic (exact) mass is 382 g/mol. The number of rotatable bonds is 5. The summed E-state index contributed by atoms with van der Waals surface area (Å²) in [4.78, 5) is 17.7. The highest BCUT2D eigenvalue weighted by Crippen LogP contribution is 2.34. The van der Waals surface area contributed by atoms with E-state index in [-0.39, 0.29) is 5.91 Å². The summed E-state index contributed by atoms with van der Waals surface area (Å²) in [6, 6.07) is 15.6. The Morgan fingerprint density at radius 2 is 1.93 bits per heavy atom. The Hall–Kier alpha value is -2.46. The van der Waals surface area contributed by atoms with E-state index in [1.165, 1.54) is 10.9 Å². The third kappa shape index (κ3) is 4.11. The molecule has 1 N–H and O–H groups in total. The molecule has 2 heterocycles. The number of aromatic amines is 1. The van der Waals surface area contributed by atoms with Crippen LogP contribution in [0.1, 0.15) is 30.7 Å². The number of H-pyrrole nitrogens is 1. The van der Waals surface area contributed by atoms with Crippen LogP contribution >= 0.6 is 11.6 Å². The number of hydrogen-bond acceptors (Lipinski definition) is 2. The molecule has 1 aliphatic heterocycles. The van der Waals surface area contributed by atoms with Crippen LogP contribution < -0.4 is 4.74 Å². The van der Waals surface area contributed by atoms with E-state index in [2.05, 4.69) is 17.2 Å². The molecule has 4 rings (SSSR count). The summed E-state index contributed by atoms with van der Waals surface area (Å²) in [7, 11) is 0. The van der Waals surface area contributed by atoms with Gasteiger partial charge in [-0.05, 0) is 48.6 Å².